The van der Waals surface area contributed by atoms with E-state index in [9.17, 15) is 14.4 Å². The number of hydrogen-bond donors (Lipinski definition) is 5. The van der Waals surface area contributed by atoms with Crippen molar-refractivity contribution in [1.29, 1.82) is 0 Å². The molecule has 0 aromatic heterocycles. The van der Waals surface area contributed by atoms with Gasteiger partial charge in [-0.25, -0.2) is 0 Å². The standard InChI is InChI=1S/C17H25N5O3/c1-10-13(9-18-20-10)16(25)22-21-15(24)12-7-5-11(6-8-12)14(23)19-17(2,3)4/h5-8,10,13,18,20H,9H2,1-4H3,(H,19,23)(H,21,24)(H,22,25). The lowest BCUT2D eigenvalue weighted by atomic mass is 10.0. The molecule has 1 fully saturated rings. The first-order valence-electron chi connectivity index (χ1n) is 8.18. The van der Waals surface area contributed by atoms with Gasteiger partial charge in [0.2, 0.25) is 5.91 Å². The van der Waals surface area contributed by atoms with Gasteiger partial charge < -0.3 is 5.32 Å². The van der Waals surface area contributed by atoms with Crippen molar-refractivity contribution in [2.75, 3.05) is 6.54 Å². The quantitative estimate of drug-likeness (QED) is 0.498. The van der Waals surface area contributed by atoms with Gasteiger partial charge in [0.15, 0.2) is 0 Å². The predicted octanol–water partition coefficient (Wildman–Crippen LogP) is 0.0884. The van der Waals surface area contributed by atoms with Gasteiger partial charge >= 0.3 is 0 Å². The van der Waals surface area contributed by atoms with Crippen molar-refractivity contribution in [2.45, 2.75) is 39.3 Å². The second-order valence-electron chi connectivity index (χ2n) is 7.15. The van der Waals surface area contributed by atoms with E-state index in [2.05, 4.69) is 27.0 Å². The first kappa shape index (κ1) is 18.9. The molecule has 3 amide bonds. The summed E-state index contributed by atoms with van der Waals surface area (Å²) in [6, 6.07) is 6.22. The summed E-state index contributed by atoms with van der Waals surface area (Å²) in [5.41, 5.74) is 11.1. The van der Waals surface area contributed by atoms with Crippen LogP contribution in [0, 0.1) is 5.92 Å². The SMILES string of the molecule is CC1NNCC1C(=O)NNC(=O)c1ccc(C(=O)NC(C)(C)C)cc1. The summed E-state index contributed by atoms with van der Waals surface area (Å²) in [6.45, 7) is 8.07. The van der Waals surface area contributed by atoms with Crippen LogP contribution in [0.25, 0.3) is 0 Å². The van der Waals surface area contributed by atoms with Gasteiger partial charge in [0.05, 0.1) is 5.92 Å². The van der Waals surface area contributed by atoms with E-state index in [0.717, 1.165) is 0 Å². The highest BCUT2D eigenvalue weighted by molar-refractivity contribution is 5.98. The van der Waals surface area contributed by atoms with Crippen molar-refractivity contribution < 1.29 is 14.4 Å². The molecule has 0 saturated carbocycles. The molecule has 2 unspecified atom stereocenters. The highest BCUT2D eigenvalue weighted by Crippen LogP contribution is 2.08. The van der Waals surface area contributed by atoms with Crippen molar-refractivity contribution in [3.63, 3.8) is 0 Å². The minimum Gasteiger partial charge on any atom is -0.347 e. The van der Waals surface area contributed by atoms with Gasteiger partial charge in [-0.3, -0.25) is 36.1 Å². The lowest BCUT2D eigenvalue weighted by Gasteiger charge is -2.20. The molecule has 1 heterocycles. The van der Waals surface area contributed by atoms with Crippen LogP contribution in [0.3, 0.4) is 0 Å². The Balaban J connectivity index is 1.90. The van der Waals surface area contributed by atoms with E-state index in [1.54, 1.807) is 24.3 Å². The molecule has 2 rings (SSSR count). The Kier molecular flexibility index (Phi) is 5.76. The minimum absolute atomic E-state index is 0.0162. The van der Waals surface area contributed by atoms with Gasteiger partial charge in [0, 0.05) is 29.3 Å². The molecular formula is C17H25N5O3. The number of benzene rings is 1. The Labute approximate surface area is 147 Å². The third-order valence-corrected chi connectivity index (χ3v) is 3.79. The molecule has 0 radical (unpaired) electrons. The Morgan fingerprint density at radius 3 is 2.04 bits per heavy atom. The van der Waals surface area contributed by atoms with Gasteiger partial charge in [-0.05, 0) is 52.0 Å². The molecular weight excluding hydrogens is 322 g/mol. The maximum atomic E-state index is 12.1. The maximum absolute atomic E-state index is 12.1. The molecule has 1 aliphatic heterocycles. The third-order valence-electron chi connectivity index (χ3n) is 3.79. The van der Waals surface area contributed by atoms with E-state index < -0.39 is 5.91 Å². The summed E-state index contributed by atoms with van der Waals surface area (Å²) in [5.74, 6) is -1.17. The van der Waals surface area contributed by atoms with E-state index >= 15 is 0 Å². The molecule has 8 heteroatoms. The third kappa shape index (κ3) is 5.27. The van der Waals surface area contributed by atoms with E-state index in [1.165, 1.54) is 0 Å². The van der Waals surface area contributed by atoms with Crippen LogP contribution in [0.2, 0.25) is 0 Å². The maximum Gasteiger partial charge on any atom is 0.269 e. The molecule has 5 N–H and O–H groups in total. The number of hydrogen-bond acceptors (Lipinski definition) is 5. The molecule has 25 heavy (non-hydrogen) atoms. The molecule has 1 aromatic rings. The Morgan fingerprint density at radius 2 is 1.56 bits per heavy atom. The van der Waals surface area contributed by atoms with Gasteiger partial charge in [0.25, 0.3) is 11.8 Å². The molecule has 2 atom stereocenters. The average Bonchev–Trinajstić information content (AvgIpc) is 2.97. The lowest BCUT2D eigenvalue weighted by Crippen LogP contribution is -2.47. The fourth-order valence-electron chi connectivity index (χ4n) is 2.40. The molecule has 0 aliphatic carbocycles. The number of carbonyl (C=O) groups excluding carboxylic acids is 3. The van der Waals surface area contributed by atoms with Crippen molar-refractivity contribution in [1.82, 2.24) is 27.0 Å². The van der Waals surface area contributed by atoms with Gasteiger partial charge in [-0.2, -0.15) is 0 Å². The number of amides is 3. The normalized spacial score (nSPS) is 20.0. The first-order chi connectivity index (χ1) is 11.7. The number of hydrazine groups is 2. The zero-order valence-electron chi connectivity index (χ0n) is 14.9. The summed E-state index contributed by atoms with van der Waals surface area (Å²) < 4.78 is 0. The Bertz CT molecular complexity index is 651. The predicted molar refractivity (Wildman–Crippen MR) is 93.4 cm³/mol. The molecule has 1 saturated heterocycles. The largest absolute Gasteiger partial charge is 0.347 e. The van der Waals surface area contributed by atoms with Crippen molar-refractivity contribution in [3.8, 4) is 0 Å². The Hall–Kier alpha value is -2.45. The minimum atomic E-state index is -0.442. The van der Waals surface area contributed by atoms with Crippen LogP contribution in [-0.2, 0) is 4.79 Å². The van der Waals surface area contributed by atoms with Crippen LogP contribution in [0.5, 0.6) is 0 Å². The fraction of sp³-hybridized carbons (Fsp3) is 0.471. The number of rotatable bonds is 3. The number of carbonyl (C=O) groups is 3. The molecule has 0 spiro atoms. The van der Waals surface area contributed by atoms with Crippen LogP contribution >= 0.6 is 0 Å². The molecule has 1 aliphatic rings. The summed E-state index contributed by atoms with van der Waals surface area (Å²) in [7, 11) is 0. The molecule has 8 nitrogen and oxygen atoms in total. The van der Waals surface area contributed by atoms with Crippen molar-refractivity contribution >= 4 is 17.7 Å². The zero-order chi connectivity index (χ0) is 18.6. The van der Waals surface area contributed by atoms with E-state index in [-0.39, 0.29) is 29.3 Å². The molecule has 0 bridgehead atoms. The second kappa shape index (κ2) is 7.62. The lowest BCUT2D eigenvalue weighted by molar-refractivity contribution is -0.125. The van der Waals surface area contributed by atoms with Gasteiger partial charge in [-0.15, -0.1) is 0 Å². The first-order valence-corrected chi connectivity index (χ1v) is 8.18. The summed E-state index contributed by atoms with van der Waals surface area (Å²) in [4.78, 5) is 36.2. The summed E-state index contributed by atoms with van der Waals surface area (Å²) in [5, 5.41) is 2.85. The highest BCUT2D eigenvalue weighted by atomic mass is 16.2. The van der Waals surface area contributed by atoms with E-state index in [1.807, 2.05) is 27.7 Å². The second-order valence-corrected chi connectivity index (χ2v) is 7.15. The summed E-state index contributed by atoms with van der Waals surface area (Å²) in [6.07, 6.45) is 0. The molecule has 136 valence electrons. The van der Waals surface area contributed by atoms with Crippen molar-refractivity contribution in [3.05, 3.63) is 35.4 Å². The number of nitrogens with one attached hydrogen (secondary N) is 5. The fourth-order valence-corrected chi connectivity index (χ4v) is 2.40. The summed E-state index contributed by atoms with van der Waals surface area (Å²) >= 11 is 0. The average molecular weight is 347 g/mol. The van der Waals surface area contributed by atoms with E-state index in [0.29, 0.717) is 17.7 Å². The monoisotopic (exact) mass is 347 g/mol. The van der Waals surface area contributed by atoms with E-state index in [4.69, 9.17) is 0 Å². The van der Waals surface area contributed by atoms with Crippen LogP contribution in [0.4, 0.5) is 0 Å². The molecule has 1 aromatic carbocycles. The smallest absolute Gasteiger partial charge is 0.269 e. The highest BCUT2D eigenvalue weighted by Gasteiger charge is 2.29. The zero-order valence-corrected chi connectivity index (χ0v) is 14.9. The van der Waals surface area contributed by atoms with Gasteiger partial charge in [0.1, 0.15) is 0 Å². The Morgan fingerprint density at radius 1 is 1.00 bits per heavy atom. The van der Waals surface area contributed by atoms with Gasteiger partial charge in [-0.1, -0.05) is 0 Å². The van der Waals surface area contributed by atoms with Crippen LogP contribution in [-0.4, -0.2) is 35.8 Å². The van der Waals surface area contributed by atoms with Crippen molar-refractivity contribution in [2.24, 2.45) is 5.92 Å². The van der Waals surface area contributed by atoms with Crippen LogP contribution < -0.4 is 27.0 Å². The topological polar surface area (TPSA) is 111 Å². The van der Waals surface area contributed by atoms with Crippen LogP contribution in [0.1, 0.15) is 48.4 Å². The van der Waals surface area contributed by atoms with Crippen LogP contribution in [0.15, 0.2) is 24.3 Å².